The second kappa shape index (κ2) is 8.06. The first-order valence-corrected chi connectivity index (χ1v) is 8.73. The first-order chi connectivity index (χ1) is 12.6. The van der Waals surface area contributed by atoms with Crippen LogP contribution in [-0.2, 0) is 9.59 Å². The van der Waals surface area contributed by atoms with Crippen molar-refractivity contribution >= 4 is 34.8 Å². The molecule has 0 aliphatic heterocycles. The molecule has 0 bridgehead atoms. The lowest BCUT2D eigenvalue weighted by Crippen LogP contribution is -2.37. The first kappa shape index (κ1) is 18.0. The topological polar surface area (TPSA) is 78.4 Å². The molecule has 134 valence electrons. The van der Waals surface area contributed by atoms with Gasteiger partial charge in [-0.1, -0.05) is 48.0 Å². The molecule has 26 heavy (non-hydrogen) atoms. The molecule has 1 aliphatic carbocycles. The minimum Gasteiger partial charge on any atom is -0.506 e. The molecule has 2 aromatic carbocycles. The molecule has 0 spiro atoms. The molecule has 2 aromatic rings. The van der Waals surface area contributed by atoms with Gasteiger partial charge in [0.2, 0.25) is 11.8 Å². The quantitative estimate of drug-likeness (QED) is 0.557. The Balaban J connectivity index is 1.74. The van der Waals surface area contributed by atoms with Crippen molar-refractivity contribution in [3.8, 4) is 5.75 Å². The van der Waals surface area contributed by atoms with Gasteiger partial charge in [0, 0.05) is 0 Å². The van der Waals surface area contributed by atoms with Crippen molar-refractivity contribution in [3.63, 3.8) is 0 Å². The smallest absolute Gasteiger partial charge is 0.228 e. The molecule has 0 aromatic heterocycles. The lowest BCUT2D eigenvalue weighted by molar-refractivity contribution is -0.129. The van der Waals surface area contributed by atoms with Crippen LogP contribution in [-0.4, -0.2) is 16.9 Å². The van der Waals surface area contributed by atoms with E-state index in [9.17, 15) is 14.7 Å². The summed E-state index contributed by atoms with van der Waals surface area (Å²) in [6, 6.07) is 13.5. The van der Waals surface area contributed by atoms with Crippen LogP contribution in [0.2, 0.25) is 5.02 Å². The van der Waals surface area contributed by atoms with Gasteiger partial charge in [0.05, 0.1) is 28.2 Å². The number of para-hydroxylation sites is 3. The number of benzene rings is 2. The van der Waals surface area contributed by atoms with E-state index in [1.165, 1.54) is 6.07 Å². The van der Waals surface area contributed by atoms with Gasteiger partial charge in [-0.15, -0.1) is 0 Å². The van der Waals surface area contributed by atoms with E-state index in [1.807, 2.05) is 12.2 Å². The van der Waals surface area contributed by atoms with Crippen molar-refractivity contribution in [3.05, 3.63) is 65.7 Å². The Labute approximate surface area is 156 Å². The van der Waals surface area contributed by atoms with Gasteiger partial charge < -0.3 is 15.7 Å². The lowest BCUT2D eigenvalue weighted by Gasteiger charge is -2.27. The molecule has 0 saturated heterocycles. The molecule has 0 radical (unpaired) electrons. The van der Waals surface area contributed by atoms with Crippen LogP contribution < -0.4 is 10.6 Å². The maximum atomic E-state index is 12.7. The van der Waals surface area contributed by atoms with E-state index in [1.54, 1.807) is 42.5 Å². The van der Waals surface area contributed by atoms with E-state index in [-0.39, 0.29) is 17.6 Å². The number of phenolic OH excluding ortho intramolecular Hbond substituents is 1. The zero-order chi connectivity index (χ0) is 18.5. The number of anilines is 2. The van der Waals surface area contributed by atoms with Crippen LogP contribution in [0, 0.1) is 11.8 Å². The molecule has 0 saturated carbocycles. The molecular formula is C20H19ClN2O3. The number of allylic oxidation sites excluding steroid dienone is 2. The standard InChI is InChI=1S/C20H19ClN2O3/c21-15-9-3-4-10-16(15)22-19(25)13-7-1-2-8-14(13)20(26)23-17-11-5-6-12-18(17)24/h1-6,9-14,24H,7-8H2,(H,22,25)(H,23,26). The van der Waals surface area contributed by atoms with E-state index in [4.69, 9.17) is 11.6 Å². The number of amides is 2. The summed E-state index contributed by atoms with van der Waals surface area (Å²) in [5, 5.41) is 15.8. The van der Waals surface area contributed by atoms with Crippen LogP contribution in [0.5, 0.6) is 5.75 Å². The maximum Gasteiger partial charge on any atom is 0.228 e. The number of phenols is 1. The molecule has 2 unspecified atom stereocenters. The predicted octanol–water partition coefficient (Wildman–Crippen LogP) is 4.21. The van der Waals surface area contributed by atoms with Crippen molar-refractivity contribution < 1.29 is 14.7 Å². The Morgan fingerprint density at radius 3 is 1.92 bits per heavy atom. The Hall–Kier alpha value is -2.79. The molecule has 1 aliphatic rings. The second-order valence-electron chi connectivity index (χ2n) is 6.13. The molecule has 0 fully saturated rings. The summed E-state index contributed by atoms with van der Waals surface area (Å²) in [5.74, 6) is -1.59. The van der Waals surface area contributed by atoms with Gasteiger partial charge >= 0.3 is 0 Å². The number of carbonyl (C=O) groups is 2. The Morgan fingerprint density at radius 2 is 1.35 bits per heavy atom. The van der Waals surface area contributed by atoms with Crippen molar-refractivity contribution in [1.29, 1.82) is 0 Å². The molecule has 0 heterocycles. The van der Waals surface area contributed by atoms with Crippen LogP contribution in [0.25, 0.3) is 0 Å². The van der Waals surface area contributed by atoms with E-state index in [0.717, 1.165) is 0 Å². The molecule has 3 N–H and O–H groups in total. The maximum absolute atomic E-state index is 12.7. The van der Waals surface area contributed by atoms with Gasteiger partial charge in [0.25, 0.3) is 0 Å². The van der Waals surface area contributed by atoms with Gasteiger partial charge in [0.1, 0.15) is 5.75 Å². The minimum atomic E-state index is -0.526. The van der Waals surface area contributed by atoms with Gasteiger partial charge in [0.15, 0.2) is 0 Å². The summed E-state index contributed by atoms with van der Waals surface area (Å²) in [4.78, 5) is 25.4. The fourth-order valence-electron chi connectivity index (χ4n) is 2.99. The van der Waals surface area contributed by atoms with Gasteiger partial charge in [-0.2, -0.15) is 0 Å². The lowest BCUT2D eigenvalue weighted by atomic mass is 9.81. The third-order valence-corrected chi connectivity index (χ3v) is 4.73. The van der Waals surface area contributed by atoms with Crippen molar-refractivity contribution in [1.82, 2.24) is 0 Å². The summed E-state index contributed by atoms with van der Waals surface area (Å²) in [6.07, 6.45) is 4.73. The van der Waals surface area contributed by atoms with Crippen molar-refractivity contribution in [2.75, 3.05) is 10.6 Å². The van der Waals surface area contributed by atoms with Gasteiger partial charge in [-0.3, -0.25) is 9.59 Å². The van der Waals surface area contributed by atoms with E-state index < -0.39 is 11.8 Å². The van der Waals surface area contributed by atoms with Crippen LogP contribution >= 0.6 is 11.6 Å². The zero-order valence-electron chi connectivity index (χ0n) is 14.0. The van der Waals surface area contributed by atoms with Gasteiger partial charge in [-0.05, 0) is 37.1 Å². The van der Waals surface area contributed by atoms with Crippen LogP contribution in [0.15, 0.2) is 60.7 Å². The molecule has 2 amide bonds. The number of hydrogen-bond donors (Lipinski definition) is 3. The number of aromatic hydroxyl groups is 1. The molecule has 5 nitrogen and oxygen atoms in total. The fourth-order valence-corrected chi connectivity index (χ4v) is 3.17. The predicted molar refractivity (Wildman–Crippen MR) is 102 cm³/mol. The average Bonchev–Trinajstić information content (AvgIpc) is 2.65. The van der Waals surface area contributed by atoms with Crippen LogP contribution in [0.3, 0.4) is 0 Å². The monoisotopic (exact) mass is 370 g/mol. The highest BCUT2D eigenvalue weighted by molar-refractivity contribution is 6.33. The Kier molecular flexibility index (Phi) is 5.58. The summed E-state index contributed by atoms with van der Waals surface area (Å²) in [7, 11) is 0. The van der Waals surface area contributed by atoms with Crippen molar-refractivity contribution in [2.45, 2.75) is 12.8 Å². The molecule has 6 heteroatoms. The molecule has 3 rings (SSSR count). The minimum absolute atomic E-state index is 0.00993. The number of hydrogen-bond acceptors (Lipinski definition) is 3. The second-order valence-corrected chi connectivity index (χ2v) is 6.54. The van der Waals surface area contributed by atoms with E-state index in [0.29, 0.717) is 29.2 Å². The fraction of sp³-hybridized carbons (Fsp3) is 0.200. The average molecular weight is 371 g/mol. The zero-order valence-corrected chi connectivity index (χ0v) is 14.7. The normalized spacial score (nSPS) is 19.0. The Morgan fingerprint density at radius 1 is 0.846 bits per heavy atom. The van der Waals surface area contributed by atoms with E-state index >= 15 is 0 Å². The highest BCUT2D eigenvalue weighted by Gasteiger charge is 2.34. The van der Waals surface area contributed by atoms with Gasteiger partial charge in [-0.25, -0.2) is 0 Å². The third-order valence-electron chi connectivity index (χ3n) is 4.40. The Bertz CT molecular complexity index is 781. The molecular weight excluding hydrogens is 352 g/mol. The highest BCUT2D eigenvalue weighted by Crippen LogP contribution is 2.31. The first-order valence-electron chi connectivity index (χ1n) is 8.35. The summed E-state index contributed by atoms with van der Waals surface area (Å²) in [6.45, 7) is 0. The largest absolute Gasteiger partial charge is 0.506 e. The summed E-state index contributed by atoms with van der Waals surface area (Å²) in [5.41, 5.74) is 0.853. The molecule has 2 atom stereocenters. The SMILES string of the molecule is O=C(Nc1ccccc1O)C1CC=CCC1C(=O)Nc1ccccc1Cl. The number of rotatable bonds is 4. The van der Waals surface area contributed by atoms with Crippen LogP contribution in [0.1, 0.15) is 12.8 Å². The number of carbonyl (C=O) groups excluding carboxylic acids is 2. The number of halogens is 1. The summed E-state index contributed by atoms with van der Waals surface area (Å²) < 4.78 is 0. The van der Waals surface area contributed by atoms with E-state index in [2.05, 4.69) is 10.6 Å². The van der Waals surface area contributed by atoms with Crippen molar-refractivity contribution in [2.24, 2.45) is 11.8 Å². The number of nitrogens with one attached hydrogen (secondary N) is 2. The third kappa shape index (κ3) is 4.06. The highest BCUT2D eigenvalue weighted by atomic mass is 35.5. The summed E-state index contributed by atoms with van der Waals surface area (Å²) >= 11 is 6.10. The van der Waals surface area contributed by atoms with Crippen LogP contribution in [0.4, 0.5) is 11.4 Å².